The Morgan fingerprint density at radius 2 is 1.14 bits per heavy atom. The molecular weight excluding hydrogens is 643 g/mol. The molecule has 0 unspecified atom stereocenters. The maximum Gasteiger partial charge on any atom is 0.491 e. The van der Waals surface area contributed by atoms with Crippen molar-refractivity contribution in [1.82, 2.24) is 0 Å². The van der Waals surface area contributed by atoms with Gasteiger partial charge in [0.2, 0.25) is 0 Å². The molecule has 4 rings (SSSR count). The van der Waals surface area contributed by atoms with E-state index in [2.05, 4.69) is 15.9 Å². The summed E-state index contributed by atoms with van der Waals surface area (Å²) in [6.45, 7) is 6.74. The van der Waals surface area contributed by atoms with Crippen molar-refractivity contribution in [2.45, 2.75) is 14.9 Å². The first-order valence-electron chi connectivity index (χ1n) is 11.9. The molecule has 0 saturated heterocycles. The lowest BCUT2D eigenvalue weighted by molar-refractivity contribution is 0.423. The van der Waals surface area contributed by atoms with Crippen LogP contribution >= 0.6 is 30.2 Å². The summed E-state index contributed by atoms with van der Waals surface area (Å²) in [4.78, 5) is 0. The summed E-state index contributed by atoms with van der Waals surface area (Å²) >= 11 is 3.31. The fraction of sp³-hybridized carbons (Fsp3) is 0.200. The number of hydrogen-bond acceptors (Lipinski definition) is 6. The zero-order valence-electron chi connectivity index (χ0n) is 22.6. The van der Waals surface area contributed by atoms with Gasteiger partial charge < -0.3 is 30.6 Å². The van der Waals surface area contributed by atoms with E-state index in [1.807, 2.05) is 12.1 Å². The van der Waals surface area contributed by atoms with Crippen LogP contribution in [0.25, 0.3) is 11.1 Å². The Labute approximate surface area is 257 Å². The van der Waals surface area contributed by atoms with Gasteiger partial charge in [-0.2, -0.15) is 0 Å². The van der Waals surface area contributed by atoms with Crippen molar-refractivity contribution in [3.05, 3.63) is 101 Å². The zero-order chi connectivity index (χ0) is 30.3. The number of nitrogens with two attached hydrogens (primary N) is 2. The van der Waals surface area contributed by atoms with E-state index >= 15 is 0 Å². The van der Waals surface area contributed by atoms with Gasteiger partial charge >= 0.3 is 7.12 Å². The van der Waals surface area contributed by atoms with Crippen LogP contribution in [0.4, 0.5) is 20.2 Å². The molecule has 0 aliphatic carbocycles. The third-order valence-corrected chi connectivity index (χ3v) is 9.14. The highest BCUT2D eigenvalue weighted by Gasteiger charge is 2.17. The van der Waals surface area contributed by atoms with Gasteiger partial charge in [0.1, 0.15) is 25.9 Å². The summed E-state index contributed by atoms with van der Waals surface area (Å²) in [7, 11) is -6.42. The minimum atomic E-state index is -2.47. The van der Waals surface area contributed by atoms with E-state index in [-0.39, 0.29) is 26.1 Å². The minimum absolute atomic E-state index is 0. The molecule has 228 valence electrons. The van der Waals surface area contributed by atoms with Gasteiger partial charge in [-0.15, -0.1) is 0 Å². The number of nitrogen functional groups attached to an aromatic ring is 2. The van der Waals surface area contributed by atoms with Crippen LogP contribution in [0.5, 0.6) is 0 Å². The van der Waals surface area contributed by atoms with Crippen molar-refractivity contribution >= 4 is 64.8 Å². The smallest absolute Gasteiger partial charge is 0.423 e. The summed E-state index contributed by atoms with van der Waals surface area (Å²) < 4.78 is 51.0. The molecule has 0 fully saturated rings. The van der Waals surface area contributed by atoms with Gasteiger partial charge in [0.05, 0.1) is 0 Å². The van der Waals surface area contributed by atoms with Gasteiger partial charge in [-0.05, 0) is 74.7 Å². The maximum atomic E-state index is 13.7. The molecule has 0 atom stereocenters. The van der Waals surface area contributed by atoms with E-state index in [1.54, 1.807) is 69.1 Å². The van der Waals surface area contributed by atoms with Crippen LogP contribution in [0.3, 0.4) is 0 Å². The standard InChI is InChI=1S/C14H15FNOP.C8H11BrNOP.C6H6BFO2.2CH4/c1-18(2,17)14-9-10(7-8-13(14)16)11-5-3-4-6-12(11)15;1-12(2,11)8-5-6(9)3-4-7(8)10;8-6-4-2-1-3-5(6)7(9)10;;/h3-9H,16H2,1-2H3;3-5H,10H2,1-2H3;1-4,9-10H;2*1H4. The largest absolute Gasteiger partial charge is 0.491 e. The van der Waals surface area contributed by atoms with Crippen LogP contribution in [-0.2, 0) is 9.13 Å². The highest BCUT2D eigenvalue weighted by atomic mass is 79.9. The molecular formula is C30H40BBrF2N2O4P2. The van der Waals surface area contributed by atoms with E-state index in [9.17, 15) is 17.9 Å². The molecule has 6 nitrogen and oxygen atoms in total. The summed E-state index contributed by atoms with van der Waals surface area (Å²) in [6, 6.07) is 22.6. The van der Waals surface area contributed by atoms with Gasteiger partial charge in [0.25, 0.3) is 0 Å². The Bertz CT molecular complexity index is 1560. The quantitative estimate of drug-likeness (QED) is 0.112. The SMILES string of the molecule is C.C.CP(C)(=O)c1cc(-c2ccccc2F)ccc1N.CP(C)(=O)c1cc(Br)ccc1N.OB(O)c1ccccc1F. The Morgan fingerprint density at radius 1 is 0.690 bits per heavy atom. The average molecular weight is 683 g/mol. The van der Waals surface area contributed by atoms with Crippen molar-refractivity contribution in [1.29, 1.82) is 0 Å². The van der Waals surface area contributed by atoms with Crippen LogP contribution in [0.2, 0.25) is 0 Å². The predicted molar refractivity (Wildman–Crippen MR) is 183 cm³/mol. The molecule has 42 heavy (non-hydrogen) atoms. The Balaban J connectivity index is 0.000000617. The molecule has 0 amide bonds. The van der Waals surface area contributed by atoms with Crippen molar-refractivity contribution < 1.29 is 28.0 Å². The molecule has 0 aliphatic rings. The number of halogens is 3. The van der Waals surface area contributed by atoms with Crippen LogP contribution in [-0.4, -0.2) is 43.8 Å². The second-order valence-electron chi connectivity index (χ2n) is 9.55. The lowest BCUT2D eigenvalue weighted by Crippen LogP contribution is -2.32. The molecule has 0 spiro atoms. The highest BCUT2D eigenvalue weighted by Crippen LogP contribution is 2.39. The maximum absolute atomic E-state index is 13.7. The molecule has 6 N–H and O–H groups in total. The summed E-state index contributed by atoms with van der Waals surface area (Å²) in [5.41, 5.74) is 13.7. The minimum Gasteiger partial charge on any atom is -0.423 e. The van der Waals surface area contributed by atoms with E-state index in [4.69, 9.17) is 21.5 Å². The fourth-order valence-electron chi connectivity index (χ4n) is 3.54. The van der Waals surface area contributed by atoms with Gasteiger partial charge in [0.15, 0.2) is 0 Å². The summed E-state index contributed by atoms with van der Waals surface area (Å²) in [6.07, 6.45) is 0. The Morgan fingerprint density at radius 3 is 1.57 bits per heavy atom. The summed E-state index contributed by atoms with van der Waals surface area (Å²) in [5, 5.41) is 18.4. The van der Waals surface area contributed by atoms with E-state index < -0.39 is 27.2 Å². The van der Waals surface area contributed by atoms with Crippen molar-refractivity contribution in [2.24, 2.45) is 0 Å². The molecule has 4 aromatic carbocycles. The number of benzene rings is 4. The molecule has 0 radical (unpaired) electrons. The van der Waals surface area contributed by atoms with Gasteiger partial charge in [-0.25, -0.2) is 8.78 Å². The van der Waals surface area contributed by atoms with Crippen molar-refractivity contribution in [3.8, 4) is 11.1 Å². The van der Waals surface area contributed by atoms with Crippen LogP contribution in [0.15, 0.2) is 89.4 Å². The van der Waals surface area contributed by atoms with Gasteiger partial charge in [-0.1, -0.05) is 73.2 Å². The third kappa shape index (κ3) is 11.5. The van der Waals surface area contributed by atoms with Gasteiger partial charge in [0, 0.05) is 37.5 Å². The molecule has 0 aromatic heterocycles. The highest BCUT2D eigenvalue weighted by molar-refractivity contribution is 9.10. The van der Waals surface area contributed by atoms with Gasteiger partial charge in [-0.3, -0.25) is 0 Å². The third-order valence-electron chi connectivity index (χ3n) is 5.55. The second-order valence-corrected chi connectivity index (χ2v) is 16.8. The van der Waals surface area contributed by atoms with Crippen LogP contribution in [0.1, 0.15) is 14.9 Å². The Kier molecular flexibility index (Phi) is 15.7. The first kappa shape index (κ1) is 39.3. The Hall–Kier alpha value is -2.74. The summed E-state index contributed by atoms with van der Waals surface area (Å²) in [5.74, 6) is -0.896. The first-order chi connectivity index (χ1) is 18.5. The topological polar surface area (TPSA) is 127 Å². The number of hydrogen-bond donors (Lipinski definition) is 4. The average Bonchev–Trinajstić information content (AvgIpc) is 2.86. The fourth-order valence-corrected chi connectivity index (χ4v) is 6.37. The lowest BCUT2D eigenvalue weighted by Gasteiger charge is -2.13. The molecule has 4 aromatic rings. The predicted octanol–water partition coefficient (Wildman–Crippen LogP) is 6.38. The number of anilines is 2. The van der Waals surface area contributed by atoms with Crippen LogP contribution < -0.4 is 27.5 Å². The monoisotopic (exact) mass is 682 g/mol. The first-order valence-corrected chi connectivity index (χ1v) is 17.9. The zero-order valence-corrected chi connectivity index (χ0v) is 25.9. The van der Waals surface area contributed by atoms with E-state index in [0.717, 1.165) is 9.78 Å². The normalized spacial score (nSPS) is 10.5. The molecule has 0 aliphatic heterocycles. The lowest BCUT2D eigenvalue weighted by atomic mass is 9.80. The molecule has 0 bridgehead atoms. The molecule has 12 heteroatoms. The van der Waals surface area contributed by atoms with E-state index in [0.29, 0.717) is 27.8 Å². The van der Waals surface area contributed by atoms with Crippen molar-refractivity contribution in [3.63, 3.8) is 0 Å². The van der Waals surface area contributed by atoms with E-state index in [1.165, 1.54) is 30.3 Å². The number of rotatable bonds is 4. The molecule has 0 saturated carbocycles. The van der Waals surface area contributed by atoms with Crippen molar-refractivity contribution in [2.75, 3.05) is 38.1 Å². The second kappa shape index (κ2) is 16.8. The molecule has 0 heterocycles. The van der Waals surface area contributed by atoms with Crippen LogP contribution in [0, 0.1) is 11.6 Å².